The predicted octanol–water partition coefficient (Wildman–Crippen LogP) is 2.34. The maximum atomic E-state index is 12.3. The van der Waals surface area contributed by atoms with Gasteiger partial charge in [0.15, 0.2) is 5.96 Å². The van der Waals surface area contributed by atoms with E-state index in [4.69, 9.17) is 9.47 Å². The normalized spacial score (nSPS) is 19.4. The van der Waals surface area contributed by atoms with Gasteiger partial charge in [-0.05, 0) is 39.3 Å². The summed E-state index contributed by atoms with van der Waals surface area (Å²) in [6, 6.07) is 10.1. The lowest BCUT2D eigenvalue weighted by molar-refractivity contribution is 0.0137. The number of benzene rings is 1. The molecule has 2 aliphatic rings. The van der Waals surface area contributed by atoms with E-state index in [1.165, 1.54) is 0 Å². The Morgan fingerprint density at radius 3 is 2.78 bits per heavy atom. The van der Waals surface area contributed by atoms with Gasteiger partial charge in [-0.15, -0.1) is 0 Å². The van der Waals surface area contributed by atoms with E-state index in [0.29, 0.717) is 26.2 Å². The number of fused-ring (bicyclic) bond motifs is 1. The summed E-state index contributed by atoms with van der Waals surface area (Å²) in [7, 11) is 0. The number of aliphatic imine (C=N–C) groups is 1. The summed E-state index contributed by atoms with van der Waals surface area (Å²) < 4.78 is 11.2. The van der Waals surface area contributed by atoms with E-state index in [1.54, 1.807) is 4.90 Å². The molecule has 1 amide bonds. The smallest absolute Gasteiger partial charge is 0.410 e. The lowest BCUT2D eigenvalue weighted by Gasteiger charge is -2.39. The molecule has 7 nitrogen and oxygen atoms in total. The van der Waals surface area contributed by atoms with Gasteiger partial charge in [-0.1, -0.05) is 18.2 Å². The second kappa shape index (κ2) is 8.50. The Hall–Kier alpha value is -2.44. The number of piperazine rings is 1. The highest BCUT2D eigenvalue weighted by molar-refractivity contribution is 5.82. The monoisotopic (exact) mass is 374 g/mol. The number of nitrogens with one attached hydrogen (secondary N) is 1. The van der Waals surface area contributed by atoms with E-state index < -0.39 is 5.60 Å². The van der Waals surface area contributed by atoms with Gasteiger partial charge in [-0.2, -0.15) is 0 Å². The molecule has 0 saturated carbocycles. The first-order valence-electron chi connectivity index (χ1n) is 9.63. The van der Waals surface area contributed by atoms with Crippen LogP contribution in [0.5, 0.6) is 5.75 Å². The molecule has 0 aromatic heterocycles. The second-order valence-electron chi connectivity index (χ2n) is 7.88. The Morgan fingerprint density at radius 1 is 1.26 bits per heavy atom. The third-order valence-corrected chi connectivity index (χ3v) is 4.47. The molecule has 27 heavy (non-hydrogen) atoms. The van der Waals surface area contributed by atoms with Gasteiger partial charge in [-0.3, -0.25) is 4.99 Å². The highest BCUT2D eigenvalue weighted by atomic mass is 16.6. The summed E-state index contributed by atoms with van der Waals surface area (Å²) in [6.45, 7) is 9.95. The summed E-state index contributed by atoms with van der Waals surface area (Å²) in [4.78, 5) is 20.9. The summed E-state index contributed by atoms with van der Waals surface area (Å²) in [6.07, 6.45) is 0.665. The first-order chi connectivity index (χ1) is 12.9. The lowest BCUT2D eigenvalue weighted by atomic mass is 10.2. The maximum absolute atomic E-state index is 12.3. The van der Waals surface area contributed by atoms with E-state index in [2.05, 4.69) is 15.2 Å². The van der Waals surface area contributed by atoms with E-state index in [-0.39, 0.29) is 12.1 Å². The van der Waals surface area contributed by atoms with Gasteiger partial charge in [0, 0.05) is 26.2 Å². The Kier molecular flexibility index (Phi) is 6.08. The average molecular weight is 374 g/mol. The fourth-order valence-corrected chi connectivity index (χ4v) is 3.20. The molecule has 0 spiro atoms. The predicted molar refractivity (Wildman–Crippen MR) is 105 cm³/mol. The van der Waals surface area contributed by atoms with E-state index >= 15 is 0 Å². The van der Waals surface area contributed by atoms with Gasteiger partial charge in [-0.25, -0.2) is 4.79 Å². The van der Waals surface area contributed by atoms with Gasteiger partial charge in [0.25, 0.3) is 0 Å². The zero-order valence-electron chi connectivity index (χ0n) is 16.5. The minimum absolute atomic E-state index is 0.231. The molecule has 148 valence electrons. The minimum atomic E-state index is -0.463. The third-order valence-electron chi connectivity index (χ3n) is 4.47. The Balaban J connectivity index is 1.37. The van der Waals surface area contributed by atoms with Crippen LogP contribution in [0.2, 0.25) is 0 Å². The lowest BCUT2D eigenvalue weighted by Crippen LogP contribution is -2.57. The topological polar surface area (TPSA) is 66.4 Å². The van der Waals surface area contributed by atoms with Crippen molar-refractivity contribution in [2.75, 3.05) is 39.3 Å². The number of amides is 1. The van der Waals surface area contributed by atoms with Crippen molar-refractivity contribution in [3.05, 3.63) is 30.3 Å². The van der Waals surface area contributed by atoms with Crippen LogP contribution in [-0.2, 0) is 4.74 Å². The fraction of sp³-hybridized carbons (Fsp3) is 0.600. The SMILES string of the molecule is CC(C)(C)OC(=O)N1CCN2C(NCCCOc3ccccc3)=NCC2C1. The quantitative estimate of drug-likeness (QED) is 0.802. The average Bonchev–Trinajstić information content (AvgIpc) is 3.03. The summed E-state index contributed by atoms with van der Waals surface area (Å²) >= 11 is 0. The number of carbonyl (C=O) groups excluding carboxylic acids is 1. The van der Waals surface area contributed by atoms with Crippen LogP contribution in [-0.4, -0.2) is 72.8 Å². The molecule has 1 N–H and O–H groups in total. The largest absolute Gasteiger partial charge is 0.494 e. The molecule has 1 aromatic carbocycles. The van der Waals surface area contributed by atoms with Crippen LogP contribution >= 0.6 is 0 Å². The van der Waals surface area contributed by atoms with Crippen molar-refractivity contribution < 1.29 is 14.3 Å². The van der Waals surface area contributed by atoms with Crippen molar-refractivity contribution in [1.82, 2.24) is 15.1 Å². The number of hydrogen-bond donors (Lipinski definition) is 1. The van der Waals surface area contributed by atoms with Crippen LogP contribution < -0.4 is 10.1 Å². The van der Waals surface area contributed by atoms with Gasteiger partial charge in [0.1, 0.15) is 11.4 Å². The second-order valence-corrected chi connectivity index (χ2v) is 7.88. The molecule has 1 saturated heterocycles. The minimum Gasteiger partial charge on any atom is -0.494 e. The highest BCUT2D eigenvalue weighted by Crippen LogP contribution is 2.18. The number of nitrogens with zero attached hydrogens (tertiary/aromatic N) is 3. The molecule has 1 atom stereocenters. The first-order valence-corrected chi connectivity index (χ1v) is 9.63. The van der Waals surface area contributed by atoms with Crippen molar-refractivity contribution in [3.8, 4) is 5.75 Å². The highest BCUT2D eigenvalue weighted by Gasteiger charge is 2.36. The van der Waals surface area contributed by atoms with Crippen LogP contribution in [0.3, 0.4) is 0 Å². The molecule has 2 heterocycles. The van der Waals surface area contributed by atoms with Crippen molar-refractivity contribution >= 4 is 12.1 Å². The zero-order chi connectivity index (χ0) is 19.3. The van der Waals surface area contributed by atoms with E-state index in [0.717, 1.165) is 31.2 Å². The number of guanidine groups is 1. The first kappa shape index (κ1) is 19.3. The molecule has 2 aliphatic heterocycles. The van der Waals surface area contributed by atoms with Crippen molar-refractivity contribution in [3.63, 3.8) is 0 Å². The van der Waals surface area contributed by atoms with E-state index in [1.807, 2.05) is 51.1 Å². The molecule has 1 fully saturated rings. The number of ether oxygens (including phenoxy) is 2. The third kappa shape index (κ3) is 5.52. The van der Waals surface area contributed by atoms with Gasteiger partial charge >= 0.3 is 6.09 Å². The molecular formula is C20H30N4O3. The molecule has 0 radical (unpaired) electrons. The number of carbonyl (C=O) groups is 1. The standard InChI is InChI=1S/C20H30N4O3/c1-20(2,3)27-19(25)23-11-12-24-16(15-23)14-22-18(24)21-10-7-13-26-17-8-5-4-6-9-17/h4-6,8-9,16H,7,10-15H2,1-3H3,(H,21,22). The summed E-state index contributed by atoms with van der Waals surface area (Å²) in [5, 5.41) is 3.41. The van der Waals surface area contributed by atoms with Gasteiger partial charge < -0.3 is 24.6 Å². The van der Waals surface area contributed by atoms with E-state index in [9.17, 15) is 4.79 Å². The molecule has 0 bridgehead atoms. The van der Waals surface area contributed by atoms with Crippen LogP contribution in [0.4, 0.5) is 4.79 Å². The Labute approximate surface area is 161 Å². The number of para-hydroxylation sites is 1. The molecule has 3 rings (SSSR count). The Morgan fingerprint density at radius 2 is 2.04 bits per heavy atom. The molecular weight excluding hydrogens is 344 g/mol. The van der Waals surface area contributed by atoms with Crippen LogP contribution in [0.25, 0.3) is 0 Å². The fourth-order valence-electron chi connectivity index (χ4n) is 3.20. The van der Waals surface area contributed by atoms with Crippen LogP contribution in [0, 0.1) is 0 Å². The van der Waals surface area contributed by atoms with Crippen molar-refractivity contribution in [1.29, 1.82) is 0 Å². The number of rotatable bonds is 5. The maximum Gasteiger partial charge on any atom is 0.410 e. The van der Waals surface area contributed by atoms with Gasteiger partial charge in [0.05, 0.1) is 19.2 Å². The van der Waals surface area contributed by atoms with Crippen molar-refractivity contribution in [2.45, 2.75) is 38.8 Å². The summed E-state index contributed by atoms with van der Waals surface area (Å²) in [5.41, 5.74) is -0.463. The van der Waals surface area contributed by atoms with Crippen LogP contribution in [0.1, 0.15) is 27.2 Å². The van der Waals surface area contributed by atoms with Crippen molar-refractivity contribution in [2.24, 2.45) is 4.99 Å². The van der Waals surface area contributed by atoms with Gasteiger partial charge in [0.2, 0.25) is 0 Å². The molecule has 0 aliphatic carbocycles. The molecule has 1 unspecified atom stereocenters. The zero-order valence-corrected chi connectivity index (χ0v) is 16.5. The molecule has 7 heteroatoms. The number of hydrogen-bond acceptors (Lipinski definition) is 6. The summed E-state index contributed by atoms with van der Waals surface area (Å²) in [5.74, 6) is 1.83. The Bertz CT molecular complexity index is 657. The molecule has 1 aromatic rings. The van der Waals surface area contributed by atoms with Crippen LogP contribution in [0.15, 0.2) is 35.3 Å².